The van der Waals surface area contributed by atoms with Crippen LogP contribution in [0, 0.1) is 12.8 Å². The number of para-hydroxylation sites is 2. The molecule has 6 nitrogen and oxygen atoms in total. The fraction of sp³-hybridized carbons (Fsp3) is 0.269. The molecule has 0 aromatic heterocycles. The molecule has 1 unspecified atom stereocenters. The maximum Gasteiger partial charge on any atom is 0.255 e. The van der Waals surface area contributed by atoms with Crippen LogP contribution in [0.2, 0.25) is 0 Å². The highest BCUT2D eigenvalue weighted by Gasteiger charge is 2.27. The monoisotopic (exact) mass is 463 g/mol. The van der Waals surface area contributed by atoms with Gasteiger partial charge in [0.25, 0.3) is 5.91 Å². The summed E-state index contributed by atoms with van der Waals surface area (Å²) >= 11 is 0. The summed E-state index contributed by atoms with van der Waals surface area (Å²) in [5.41, 5.74) is 3.30. The van der Waals surface area contributed by atoms with Crippen molar-refractivity contribution in [2.24, 2.45) is 5.92 Å². The van der Waals surface area contributed by atoms with Gasteiger partial charge in [0.05, 0.1) is 16.1 Å². The molecule has 0 spiro atoms. The van der Waals surface area contributed by atoms with E-state index in [4.69, 9.17) is 0 Å². The first kappa shape index (κ1) is 23.0. The standard InChI is InChI=1S/C26H29N3O3S/c1-20-13-15-23(16-14-20)33(31,32)27-18-21-8-7-17-29(19-21)26(30)24-11-5-6-12-25(24)28-22-9-3-2-4-10-22/h2-6,9-16,21,27-28H,7-8,17-19H2,1H3. The average Bonchev–Trinajstić information content (AvgIpc) is 2.84. The van der Waals surface area contributed by atoms with Crippen LogP contribution in [0.4, 0.5) is 11.4 Å². The number of anilines is 2. The maximum absolute atomic E-state index is 13.4. The Morgan fingerprint density at radius 1 is 0.970 bits per heavy atom. The first-order valence-corrected chi connectivity index (χ1v) is 12.7. The quantitative estimate of drug-likeness (QED) is 0.538. The van der Waals surface area contributed by atoms with E-state index in [2.05, 4.69) is 10.0 Å². The Kier molecular flexibility index (Phi) is 7.11. The molecule has 2 N–H and O–H groups in total. The molecule has 1 amide bonds. The number of sulfonamides is 1. The van der Waals surface area contributed by atoms with Crippen LogP contribution < -0.4 is 10.0 Å². The topological polar surface area (TPSA) is 78.5 Å². The van der Waals surface area contributed by atoms with Crippen LogP contribution in [-0.2, 0) is 10.0 Å². The molecule has 0 radical (unpaired) electrons. The van der Waals surface area contributed by atoms with Gasteiger partial charge >= 0.3 is 0 Å². The predicted molar refractivity (Wildman–Crippen MR) is 131 cm³/mol. The molecule has 1 aliphatic rings. The maximum atomic E-state index is 13.4. The number of rotatable bonds is 7. The van der Waals surface area contributed by atoms with E-state index in [1.807, 2.05) is 66.4 Å². The van der Waals surface area contributed by atoms with Gasteiger partial charge in [0, 0.05) is 25.3 Å². The van der Waals surface area contributed by atoms with E-state index >= 15 is 0 Å². The first-order chi connectivity index (χ1) is 15.9. The van der Waals surface area contributed by atoms with E-state index in [0.717, 1.165) is 29.8 Å². The third kappa shape index (κ3) is 5.80. The smallest absolute Gasteiger partial charge is 0.255 e. The minimum absolute atomic E-state index is 0.0416. The van der Waals surface area contributed by atoms with Gasteiger partial charge < -0.3 is 10.2 Å². The Hall–Kier alpha value is -3.16. The normalized spacial score (nSPS) is 16.4. The number of hydrogen-bond donors (Lipinski definition) is 2. The van der Waals surface area contributed by atoms with Crippen LogP contribution in [-0.4, -0.2) is 38.9 Å². The summed E-state index contributed by atoms with van der Waals surface area (Å²) in [7, 11) is -3.57. The third-order valence-electron chi connectivity index (χ3n) is 5.91. The van der Waals surface area contributed by atoms with Crippen LogP contribution in [0.1, 0.15) is 28.8 Å². The zero-order chi connectivity index (χ0) is 23.3. The number of nitrogens with zero attached hydrogens (tertiary/aromatic N) is 1. The van der Waals surface area contributed by atoms with Gasteiger partial charge in [-0.25, -0.2) is 13.1 Å². The lowest BCUT2D eigenvalue weighted by Gasteiger charge is -2.33. The van der Waals surface area contributed by atoms with Crippen LogP contribution in [0.25, 0.3) is 0 Å². The van der Waals surface area contributed by atoms with Crippen LogP contribution in [0.5, 0.6) is 0 Å². The zero-order valence-corrected chi connectivity index (χ0v) is 19.5. The Labute approximate surface area is 195 Å². The van der Waals surface area contributed by atoms with Gasteiger partial charge in [-0.05, 0) is 62.1 Å². The summed E-state index contributed by atoms with van der Waals surface area (Å²) < 4.78 is 28.0. The molecule has 0 bridgehead atoms. The van der Waals surface area contributed by atoms with E-state index in [9.17, 15) is 13.2 Å². The van der Waals surface area contributed by atoms with Gasteiger partial charge in [-0.2, -0.15) is 0 Å². The second-order valence-electron chi connectivity index (χ2n) is 8.46. The Balaban J connectivity index is 1.41. The molecule has 7 heteroatoms. The van der Waals surface area contributed by atoms with Crippen LogP contribution >= 0.6 is 0 Å². The van der Waals surface area contributed by atoms with E-state index in [1.165, 1.54) is 0 Å². The summed E-state index contributed by atoms with van der Waals surface area (Å²) in [5.74, 6) is 0.0253. The number of hydrogen-bond acceptors (Lipinski definition) is 4. The first-order valence-electron chi connectivity index (χ1n) is 11.2. The van der Waals surface area contributed by atoms with Gasteiger partial charge in [-0.15, -0.1) is 0 Å². The summed E-state index contributed by atoms with van der Waals surface area (Å²) in [6.07, 6.45) is 1.72. The van der Waals surface area contributed by atoms with E-state index in [1.54, 1.807) is 24.3 Å². The second-order valence-corrected chi connectivity index (χ2v) is 10.2. The molecular weight excluding hydrogens is 434 g/mol. The van der Waals surface area contributed by atoms with Crippen molar-refractivity contribution in [3.05, 3.63) is 90.0 Å². The predicted octanol–water partition coefficient (Wildman–Crippen LogP) is 4.57. The zero-order valence-electron chi connectivity index (χ0n) is 18.7. The van der Waals surface area contributed by atoms with Crippen LogP contribution in [0.15, 0.2) is 83.8 Å². The third-order valence-corrected chi connectivity index (χ3v) is 7.35. The molecule has 3 aromatic rings. The van der Waals surface area contributed by atoms with Gasteiger partial charge in [0.1, 0.15) is 0 Å². The molecule has 3 aromatic carbocycles. The molecular formula is C26H29N3O3S. The van der Waals surface area contributed by atoms with Gasteiger partial charge in [-0.3, -0.25) is 4.79 Å². The molecule has 0 aliphatic carbocycles. The highest BCUT2D eigenvalue weighted by Crippen LogP contribution is 2.25. The number of benzene rings is 3. The van der Waals surface area contributed by atoms with Crippen molar-refractivity contribution in [2.75, 3.05) is 25.0 Å². The van der Waals surface area contributed by atoms with Crippen molar-refractivity contribution >= 4 is 27.3 Å². The molecule has 1 aliphatic heterocycles. The van der Waals surface area contributed by atoms with Crippen molar-refractivity contribution in [1.29, 1.82) is 0 Å². The highest BCUT2D eigenvalue weighted by atomic mass is 32.2. The van der Waals surface area contributed by atoms with E-state index in [-0.39, 0.29) is 16.7 Å². The van der Waals surface area contributed by atoms with Gasteiger partial charge in [0.15, 0.2) is 0 Å². The number of likely N-dealkylation sites (tertiary alicyclic amines) is 1. The van der Waals surface area contributed by atoms with Crippen LogP contribution in [0.3, 0.4) is 0 Å². The van der Waals surface area contributed by atoms with Crippen molar-refractivity contribution in [3.63, 3.8) is 0 Å². The Morgan fingerprint density at radius 2 is 1.67 bits per heavy atom. The average molecular weight is 464 g/mol. The molecule has 1 heterocycles. The molecule has 1 atom stereocenters. The Bertz CT molecular complexity index is 1190. The lowest BCUT2D eigenvalue weighted by molar-refractivity contribution is 0.0677. The second kappa shape index (κ2) is 10.2. The van der Waals surface area contributed by atoms with E-state index < -0.39 is 10.0 Å². The van der Waals surface area contributed by atoms with Crippen molar-refractivity contribution < 1.29 is 13.2 Å². The Morgan fingerprint density at radius 3 is 2.42 bits per heavy atom. The number of aryl methyl sites for hydroxylation is 1. The van der Waals surface area contributed by atoms with Crippen molar-refractivity contribution in [1.82, 2.24) is 9.62 Å². The van der Waals surface area contributed by atoms with Gasteiger partial charge in [-0.1, -0.05) is 48.0 Å². The lowest BCUT2D eigenvalue weighted by Crippen LogP contribution is -2.43. The van der Waals surface area contributed by atoms with Gasteiger partial charge in [0.2, 0.25) is 10.0 Å². The molecule has 4 rings (SSSR count). The minimum atomic E-state index is -3.57. The molecule has 1 fully saturated rings. The number of amides is 1. The number of carbonyl (C=O) groups excluding carboxylic acids is 1. The summed E-state index contributed by atoms with van der Waals surface area (Å²) in [5, 5.41) is 3.33. The number of carbonyl (C=O) groups is 1. The fourth-order valence-corrected chi connectivity index (χ4v) is 5.19. The number of nitrogens with one attached hydrogen (secondary N) is 2. The molecule has 1 saturated heterocycles. The fourth-order valence-electron chi connectivity index (χ4n) is 4.07. The summed E-state index contributed by atoms with van der Waals surface area (Å²) in [6, 6.07) is 24.1. The van der Waals surface area contributed by atoms with E-state index in [0.29, 0.717) is 25.2 Å². The molecule has 172 valence electrons. The summed E-state index contributed by atoms with van der Waals surface area (Å²) in [6.45, 7) is 3.42. The minimum Gasteiger partial charge on any atom is -0.355 e. The summed E-state index contributed by atoms with van der Waals surface area (Å²) in [4.78, 5) is 15.5. The number of piperidine rings is 1. The SMILES string of the molecule is Cc1ccc(S(=O)(=O)NCC2CCCN(C(=O)c3ccccc3Nc3ccccc3)C2)cc1. The van der Waals surface area contributed by atoms with Crippen molar-refractivity contribution in [3.8, 4) is 0 Å². The molecule has 0 saturated carbocycles. The highest BCUT2D eigenvalue weighted by molar-refractivity contribution is 7.89. The largest absolute Gasteiger partial charge is 0.355 e. The lowest BCUT2D eigenvalue weighted by atomic mass is 9.97. The molecule has 33 heavy (non-hydrogen) atoms. The van der Waals surface area contributed by atoms with Crippen molar-refractivity contribution in [2.45, 2.75) is 24.7 Å².